The molecule has 1 nitrogen and oxygen atoms in total. The van der Waals surface area contributed by atoms with E-state index in [9.17, 15) is 4.39 Å². The predicted octanol–water partition coefficient (Wildman–Crippen LogP) is 2.71. The van der Waals surface area contributed by atoms with Crippen LogP contribution < -0.4 is 0 Å². The topological polar surface area (TPSA) is 23.8 Å². The molecule has 0 spiro atoms. The number of aryl methyl sites for hydroxylation is 1. The number of nitriles is 1. The Morgan fingerprint density at radius 1 is 1.55 bits per heavy atom. The van der Waals surface area contributed by atoms with Gasteiger partial charge in [-0.25, -0.2) is 4.39 Å². The molecule has 3 heteroatoms. The van der Waals surface area contributed by atoms with E-state index >= 15 is 0 Å². The zero-order valence-corrected chi connectivity index (χ0v) is 6.78. The van der Waals surface area contributed by atoms with E-state index in [2.05, 4.69) is 0 Å². The van der Waals surface area contributed by atoms with Crippen LogP contribution in [0.4, 0.5) is 4.39 Å². The van der Waals surface area contributed by atoms with Crippen LogP contribution in [0, 0.1) is 23.4 Å². The highest BCUT2D eigenvalue weighted by Gasteiger charge is 2.00. The third-order valence-electron chi connectivity index (χ3n) is 1.24. The molecule has 0 heterocycles. The number of hydrogen-bond acceptors (Lipinski definition) is 2. The molecule has 0 aliphatic carbocycles. The highest BCUT2D eigenvalue weighted by Crippen LogP contribution is 2.20. The second-order valence-corrected chi connectivity index (χ2v) is 2.95. The second-order valence-electron chi connectivity index (χ2n) is 2.13. The summed E-state index contributed by atoms with van der Waals surface area (Å²) in [5.74, 6) is -0.323. The Kier molecular flexibility index (Phi) is 2.50. The number of rotatable bonds is 1. The summed E-state index contributed by atoms with van der Waals surface area (Å²) in [5.41, 5.74) is 0.866. The molecular weight excluding hydrogens is 161 g/mol. The number of nitrogens with zero attached hydrogens (tertiary/aromatic N) is 1. The molecule has 0 fully saturated rings. The molecule has 0 saturated heterocycles. The van der Waals surface area contributed by atoms with Gasteiger partial charge in [-0.1, -0.05) is 6.07 Å². The lowest BCUT2D eigenvalue weighted by Crippen LogP contribution is -1.80. The van der Waals surface area contributed by atoms with Crippen molar-refractivity contribution in [1.82, 2.24) is 0 Å². The maximum Gasteiger partial charge on any atom is 0.138 e. The van der Waals surface area contributed by atoms with Gasteiger partial charge in [-0.15, -0.1) is 0 Å². The molecule has 0 amide bonds. The lowest BCUT2D eigenvalue weighted by molar-refractivity contribution is 0.601. The van der Waals surface area contributed by atoms with E-state index in [0.717, 1.165) is 17.3 Å². The summed E-state index contributed by atoms with van der Waals surface area (Å²) in [6.07, 6.45) is 0. The first-order chi connectivity index (χ1) is 5.24. The largest absolute Gasteiger partial charge is 0.206 e. The molecule has 0 bridgehead atoms. The molecule has 1 aromatic rings. The van der Waals surface area contributed by atoms with Gasteiger partial charge in [0.25, 0.3) is 0 Å². The lowest BCUT2D eigenvalue weighted by atomic mass is 10.2. The Morgan fingerprint density at radius 2 is 2.27 bits per heavy atom. The Morgan fingerprint density at radius 3 is 2.82 bits per heavy atom. The molecule has 0 aliphatic rings. The lowest BCUT2D eigenvalue weighted by Gasteiger charge is -1.96. The number of halogens is 1. The summed E-state index contributed by atoms with van der Waals surface area (Å²) < 4.78 is 12.9. The number of thiocyanates is 1. The summed E-state index contributed by atoms with van der Waals surface area (Å²) in [4.78, 5) is 0.387. The quantitative estimate of drug-likeness (QED) is 0.474. The van der Waals surface area contributed by atoms with Crippen molar-refractivity contribution in [1.29, 1.82) is 5.26 Å². The predicted molar refractivity (Wildman–Crippen MR) is 42.6 cm³/mol. The number of thioether (sulfide) groups is 1. The van der Waals surface area contributed by atoms with Gasteiger partial charge in [0.1, 0.15) is 11.2 Å². The molecule has 0 unspecified atom stereocenters. The van der Waals surface area contributed by atoms with Crippen LogP contribution in [0.15, 0.2) is 23.1 Å². The van der Waals surface area contributed by atoms with Crippen LogP contribution >= 0.6 is 11.8 Å². The van der Waals surface area contributed by atoms with E-state index in [1.165, 1.54) is 6.07 Å². The van der Waals surface area contributed by atoms with Crippen molar-refractivity contribution in [2.75, 3.05) is 0 Å². The molecular formula is C8H6FNS. The standard InChI is InChI=1S/C8H6FNS/c1-6-2-3-8(11-5-10)7(9)4-6/h2-4H,1H3. The van der Waals surface area contributed by atoms with Crippen LogP contribution in [0.1, 0.15) is 5.56 Å². The normalized spacial score (nSPS) is 9.18. The Bertz CT molecular complexity index is 303. The highest BCUT2D eigenvalue weighted by atomic mass is 32.2. The minimum Gasteiger partial charge on any atom is -0.206 e. The van der Waals surface area contributed by atoms with E-state index in [1.807, 2.05) is 12.3 Å². The number of benzene rings is 1. The molecule has 1 aromatic carbocycles. The average molecular weight is 167 g/mol. The summed E-state index contributed by atoms with van der Waals surface area (Å²) in [6.45, 7) is 1.81. The highest BCUT2D eigenvalue weighted by molar-refractivity contribution is 8.03. The first-order valence-electron chi connectivity index (χ1n) is 3.06. The van der Waals surface area contributed by atoms with Crippen LogP contribution in [-0.4, -0.2) is 0 Å². The zero-order valence-electron chi connectivity index (χ0n) is 5.97. The van der Waals surface area contributed by atoms with Crippen LogP contribution in [0.5, 0.6) is 0 Å². The van der Waals surface area contributed by atoms with Crippen LogP contribution in [0.3, 0.4) is 0 Å². The van der Waals surface area contributed by atoms with Crippen LogP contribution in [-0.2, 0) is 0 Å². The Hall–Kier alpha value is -1.01. The van der Waals surface area contributed by atoms with Crippen molar-refractivity contribution in [2.45, 2.75) is 11.8 Å². The second kappa shape index (κ2) is 3.40. The maximum absolute atomic E-state index is 12.9. The van der Waals surface area contributed by atoms with Crippen molar-refractivity contribution < 1.29 is 4.39 Å². The minimum atomic E-state index is -0.323. The third kappa shape index (κ3) is 1.95. The maximum atomic E-state index is 12.9. The fourth-order valence-corrected chi connectivity index (χ4v) is 1.13. The summed E-state index contributed by atoms with van der Waals surface area (Å²) in [5, 5.41) is 10.1. The van der Waals surface area contributed by atoms with Crippen molar-refractivity contribution >= 4 is 11.8 Å². The van der Waals surface area contributed by atoms with Gasteiger partial charge in [0.15, 0.2) is 0 Å². The zero-order chi connectivity index (χ0) is 8.27. The van der Waals surface area contributed by atoms with E-state index < -0.39 is 0 Å². The van der Waals surface area contributed by atoms with Gasteiger partial charge in [-0.2, -0.15) is 5.26 Å². The molecule has 56 valence electrons. The van der Waals surface area contributed by atoms with Gasteiger partial charge in [0.2, 0.25) is 0 Å². The average Bonchev–Trinajstić information content (AvgIpc) is 1.95. The van der Waals surface area contributed by atoms with Gasteiger partial charge in [0.05, 0.1) is 4.90 Å². The van der Waals surface area contributed by atoms with Gasteiger partial charge in [-0.05, 0) is 36.4 Å². The summed E-state index contributed by atoms with van der Waals surface area (Å²) >= 11 is 0.841. The molecule has 0 aromatic heterocycles. The van der Waals surface area contributed by atoms with Crippen molar-refractivity contribution in [3.05, 3.63) is 29.6 Å². The minimum absolute atomic E-state index is 0.323. The molecule has 0 radical (unpaired) electrons. The van der Waals surface area contributed by atoms with Crippen molar-refractivity contribution in [3.63, 3.8) is 0 Å². The molecule has 0 N–H and O–H groups in total. The fourth-order valence-electron chi connectivity index (χ4n) is 0.738. The van der Waals surface area contributed by atoms with Crippen molar-refractivity contribution in [2.24, 2.45) is 0 Å². The van der Waals surface area contributed by atoms with Gasteiger partial charge in [-0.3, -0.25) is 0 Å². The molecule has 0 aliphatic heterocycles. The number of hydrogen-bond donors (Lipinski definition) is 0. The first-order valence-corrected chi connectivity index (χ1v) is 3.88. The SMILES string of the molecule is Cc1ccc(SC#N)c(F)c1. The van der Waals surface area contributed by atoms with Crippen molar-refractivity contribution in [3.8, 4) is 5.40 Å². The monoisotopic (exact) mass is 167 g/mol. The summed E-state index contributed by atoms with van der Waals surface area (Å²) in [6, 6.07) is 4.81. The van der Waals surface area contributed by atoms with E-state index in [-0.39, 0.29) is 5.82 Å². The van der Waals surface area contributed by atoms with Gasteiger partial charge in [0, 0.05) is 0 Å². The van der Waals surface area contributed by atoms with E-state index in [1.54, 1.807) is 12.1 Å². The van der Waals surface area contributed by atoms with Gasteiger partial charge < -0.3 is 0 Å². The smallest absolute Gasteiger partial charge is 0.138 e. The first kappa shape index (κ1) is 8.09. The van der Waals surface area contributed by atoms with Crippen LogP contribution in [0.2, 0.25) is 0 Å². The third-order valence-corrected chi connectivity index (χ3v) is 1.89. The Labute approximate surface area is 68.8 Å². The van der Waals surface area contributed by atoms with Crippen LogP contribution in [0.25, 0.3) is 0 Å². The summed E-state index contributed by atoms with van der Waals surface area (Å²) in [7, 11) is 0. The molecule has 11 heavy (non-hydrogen) atoms. The fraction of sp³-hybridized carbons (Fsp3) is 0.125. The van der Waals surface area contributed by atoms with E-state index in [0.29, 0.717) is 4.90 Å². The Balaban J connectivity index is 3.01. The van der Waals surface area contributed by atoms with E-state index in [4.69, 9.17) is 5.26 Å². The molecule has 0 saturated carbocycles. The van der Waals surface area contributed by atoms with Gasteiger partial charge >= 0.3 is 0 Å². The molecule has 1 rings (SSSR count). The molecule has 0 atom stereocenters.